The second-order valence-corrected chi connectivity index (χ2v) is 8.12. The van der Waals surface area contributed by atoms with Crippen LogP contribution in [0, 0.1) is 28.3 Å². The second-order valence-electron chi connectivity index (χ2n) is 8.12. The molecule has 6 nitrogen and oxygen atoms in total. The van der Waals surface area contributed by atoms with Crippen molar-refractivity contribution in [3.05, 3.63) is 69.8 Å². The number of fused-ring (bicyclic) bond motifs is 5. The number of aliphatic imine (C=N–C) groups is 2. The van der Waals surface area contributed by atoms with Crippen molar-refractivity contribution in [3.63, 3.8) is 0 Å². The lowest BCUT2D eigenvalue weighted by atomic mass is 9.76. The fourth-order valence-corrected chi connectivity index (χ4v) is 5.15. The van der Waals surface area contributed by atoms with E-state index in [1.807, 2.05) is 36.7 Å². The molecule has 0 saturated heterocycles. The van der Waals surface area contributed by atoms with Gasteiger partial charge in [-0.25, -0.2) is 4.39 Å². The van der Waals surface area contributed by atoms with Crippen molar-refractivity contribution >= 4 is 22.6 Å². The van der Waals surface area contributed by atoms with Crippen LogP contribution in [-0.4, -0.2) is 32.6 Å². The van der Waals surface area contributed by atoms with E-state index in [1.165, 1.54) is 0 Å². The van der Waals surface area contributed by atoms with Crippen LogP contribution >= 0.6 is 0 Å². The molecule has 5 rings (SSSR count). The highest BCUT2D eigenvalue weighted by molar-refractivity contribution is 6.41. The summed E-state index contributed by atoms with van der Waals surface area (Å²) in [5.74, 6) is 1.03. The van der Waals surface area contributed by atoms with Gasteiger partial charge in [0.15, 0.2) is 0 Å². The lowest BCUT2D eigenvalue weighted by molar-refractivity contribution is 0.192. The van der Waals surface area contributed by atoms with Crippen molar-refractivity contribution in [3.8, 4) is 23.9 Å². The average Bonchev–Trinajstić information content (AvgIpc) is 3.42. The first kappa shape index (κ1) is 22.9. The minimum Gasteiger partial charge on any atom is -0.497 e. The molecule has 3 aliphatic rings. The second kappa shape index (κ2) is 8.57. The van der Waals surface area contributed by atoms with Crippen molar-refractivity contribution in [2.45, 2.75) is 13.8 Å². The number of benzene rings is 2. The Morgan fingerprint density at radius 1 is 0.824 bits per heavy atom. The molecule has 34 heavy (non-hydrogen) atoms. The Labute approximate surface area is 195 Å². The number of ether oxygens (including phenoxy) is 2. The molecule has 2 aromatic carbocycles. The third-order valence-electron chi connectivity index (χ3n) is 6.29. The number of rotatable bonds is 3. The van der Waals surface area contributed by atoms with Gasteiger partial charge in [0.25, 0.3) is 0 Å². The van der Waals surface area contributed by atoms with Crippen LogP contribution in [0.5, 0.6) is 11.5 Å². The molecule has 0 N–H and O–H groups in total. The van der Waals surface area contributed by atoms with Gasteiger partial charge in [0.05, 0.1) is 25.7 Å². The maximum atomic E-state index is 12.8. The van der Waals surface area contributed by atoms with E-state index in [4.69, 9.17) is 9.47 Å². The van der Waals surface area contributed by atoms with E-state index in [1.54, 1.807) is 19.2 Å². The van der Waals surface area contributed by atoms with Gasteiger partial charge in [0, 0.05) is 22.1 Å². The van der Waals surface area contributed by atoms with Crippen molar-refractivity contribution in [1.82, 2.24) is 0 Å². The predicted molar refractivity (Wildman–Crippen MR) is 125 cm³/mol. The van der Waals surface area contributed by atoms with E-state index in [-0.39, 0.29) is 0 Å². The third kappa shape index (κ3) is 3.03. The molecular weight excluding hydrogens is 438 g/mol. The van der Waals surface area contributed by atoms with E-state index < -0.39 is 12.3 Å². The van der Waals surface area contributed by atoms with Gasteiger partial charge >= 0.3 is 0 Å². The van der Waals surface area contributed by atoms with Gasteiger partial charge in [0.2, 0.25) is 19.2 Å². The predicted octanol–water partition coefficient (Wildman–Crippen LogP) is 5.40. The van der Waals surface area contributed by atoms with E-state index in [2.05, 4.69) is 23.8 Å². The molecule has 0 bridgehead atoms. The maximum absolute atomic E-state index is 12.8. The zero-order valence-corrected chi connectivity index (χ0v) is 19.0. The van der Waals surface area contributed by atoms with Crippen LogP contribution in [0.3, 0.4) is 0 Å². The number of nitriles is 2. The van der Waals surface area contributed by atoms with Crippen LogP contribution in [0.1, 0.15) is 36.1 Å². The smallest absolute Gasteiger partial charge is 0.228 e. The zero-order valence-electron chi connectivity index (χ0n) is 19.0. The number of methoxy groups -OCH3 is 1. The van der Waals surface area contributed by atoms with Gasteiger partial charge in [0.1, 0.15) is 11.5 Å². The minimum absolute atomic E-state index is 0.357. The third-order valence-corrected chi connectivity index (χ3v) is 6.29. The average molecular weight is 458 g/mol. The van der Waals surface area contributed by atoms with Gasteiger partial charge in [-0.3, -0.25) is 4.39 Å². The first-order chi connectivity index (χ1) is 16.5. The van der Waals surface area contributed by atoms with Gasteiger partial charge in [-0.1, -0.05) is 19.9 Å². The lowest BCUT2D eigenvalue weighted by Gasteiger charge is -2.27. The lowest BCUT2D eigenvalue weighted by Crippen LogP contribution is -2.20. The topological polar surface area (TPSA) is 90.8 Å². The molecule has 170 valence electrons. The number of nitrogens with zero attached hydrogens (tertiary/aromatic N) is 4. The molecule has 0 spiro atoms. The molecule has 0 amide bonds. The summed E-state index contributed by atoms with van der Waals surface area (Å²) in [5.41, 5.74) is 7.63. The molecule has 3 aliphatic carbocycles. The van der Waals surface area contributed by atoms with E-state index in [9.17, 15) is 19.3 Å². The highest BCUT2D eigenvalue weighted by atomic mass is 19.1. The number of hydrogen-bond acceptors (Lipinski definition) is 6. The Morgan fingerprint density at radius 2 is 1.41 bits per heavy atom. The van der Waals surface area contributed by atoms with Gasteiger partial charge < -0.3 is 9.47 Å². The monoisotopic (exact) mass is 458 g/mol. The van der Waals surface area contributed by atoms with Crippen LogP contribution in [0.2, 0.25) is 0 Å². The van der Waals surface area contributed by atoms with Gasteiger partial charge in [-0.05, 0) is 58.2 Å². The molecule has 0 saturated carbocycles. The Bertz CT molecular complexity index is 1420. The Balaban J connectivity index is 0.00000133. The summed E-state index contributed by atoms with van der Waals surface area (Å²) in [4.78, 5) is 8.35. The molecule has 0 unspecified atom stereocenters. The summed E-state index contributed by atoms with van der Waals surface area (Å²) in [6.45, 7) is 3.20. The van der Waals surface area contributed by atoms with Crippen molar-refractivity contribution in [2.24, 2.45) is 15.4 Å². The van der Waals surface area contributed by atoms with Crippen molar-refractivity contribution in [1.29, 1.82) is 10.5 Å². The largest absolute Gasteiger partial charge is 0.497 e. The molecule has 2 aromatic rings. The molecule has 0 fully saturated rings. The highest BCUT2D eigenvalue weighted by Gasteiger charge is 2.52. The molecular formula is C26H20F2N4O2. The molecule has 0 atom stereocenters. The highest BCUT2D eigenvalue weighted by Crippen LogP contribution is 2.62. The summed E-state index contributed by atoms with van der Waals surface area (Å²) in [5, 5.41) is 18.9. The molecule has 8 heteroatoms. The van der Waals surface area contributed by atoms with Crippen LogP contribution in [0.25, 0.3) is 11.1 Å². The first-order valence-corrected chi connectivity index (χ1v) is 10.3. The summed E-state index contributed by atoms with van der Waals surface area (Å²) in [6.07, 6.45) is 3.85. The quantitative estimate of drug-likeness (QED) is 0.576. The maximum Gasteiger partial charge on any atom is 0.228 e. The number of alkyl halides is 2. The Morgan fingerprint density at radius 3 is 2.06 bits per heavy atom. The van der Waals surface area contributed by atoms with Crippen molar-refractivity contribution in [2.75, 3.05) is 21.1 Å². The fraction of sp³-hybridized carbons (Fsp3) is 0.231. The van der Waals surface area contributed by atoms with Crippen LogP contribution in [0.15, 0.2) is 57.5 Å². The van der Waals surface area contributed by atoms with Crippen LogP contribution in [-0.2, 0) is 0 Å². The minimum atomic E-state index is -0.951. The normalized spacial score (nSPS) is 18.5. The summed E-state index contributed by atoms with van der Waals surface area (Å²) >= 11 is 0. The summed E-state index contributed by atoms with van der Waals surface area (Å²) in [6, 6.07) is 11.0. The van der Waals surface area contributed by atoms with Crippen molar-refractivity contribution < 1.29 is 18.3 Å². The molecule has 0 heterocycles. The molecule has 0 aliphatic heterocycles. The first-order valence-electron chi connectivity index (χ1n) is 10.3. The Hall–Kier alpha value is -4.30. The van der Waals surface area contributed by atoms with Gasteiger partial charge in [-0.15, -0.1) is 0 Å². The summed E-state index contributed by atoms with van der Waals surface area (Å²) < 4.78 is 32.7. The summed E-state index contributed by atoms with van der Waals surface area (Å²) in [7, 11) is 2.10. The SMILES string of the molecule is CF.COc1ccc2c(c1)C(=NC#N)C1=C2C(C)(C)C2=C1c1ccc(OCF)cc1C2=NC#N. The fourth-order valence-electron chi connectivity index (χ4n) is 5.15. The molecule has 0 aromatic heterocycles. The standard InChI is InChI=1S/C25H17FN4O2.CH3F/c1-25(2)21-16-7-4-13(31-3)8-18(16)23(29-11-27)20(21)19-15-6-5-14(32-10-26)9-17(15)24(22(19)25)30-12-28;1-2/h4-9H,10H2,1-3H3;1H3. The van der Waals surface area contributed by atoms with Gasteiger partial charge in [-0.2, -0.15) is 20.5 Å². The molecule has 0 radical (unpaired) electrons. The van der Waals surface area contributed by atoms with E-state index >= 15 is 0 Å². The number of halogens is 2. The Kier molecular flexibility index (Phi) is 5.76. The zero-order chi connectivity index (χ0) is 24.6. The van der Waals surface area contributed by atoms with E-state index in [0.29, 0.717) is 35.7 Å². The van der Waals surface area contributed by atoms with Crippen LogP contribution in [0.4, 0.5) is 8.78 Å². The van der Waals surface area contributed by atoms with E-state index in [0.717, 1.165) is 39.0 Å². The van der Waals surface area contributed by atoms with Crippen LogP contribution < -0.4 is 9.47 Å². The number of allylic oxidation sites excluding steroid dienone is 4. The number of hydrogen-bond donors (Lipinski definition) is 0.